The highest BCUT2D eigenvalue weighted by molar-refractivity contribution is 5.32. The van der Waals surface area contributed by atoms with Gasteiger partial charge in [-0.15, -0.1) is 0 Å². The van der Waals surface area contributed by atoms with Crippen LogP contribution in [0.5, 0.6) is 0 Å². The van der Waals surface area contributed by atoms with Gasteiger partial charge in [0.05, 0.1) is 0 Å². The first-order valence-electron chi connectivity index (χ1n) is 4.35. The Balaban J connectivity index is 0. The van der Waals surface area contributed by atoms with E-state index in [1.165, 1.54) is 25.9 Å². The molecule has 74 valence electrons. The largest absolute Gasteiger partial charge is 0.483 e. The van der Waals surface area contributed by atoms with Crippen molar-refractivity contribution in [2.24, 2.45) is 0 Å². The first kappa shape index (κ1) is 13.9. The Labute approximate surface area is 74.5 Å². The summed E-state index contributed by atoms with van der Waals surface area (Å²) in [7, 11) is 1.98. The molecule has 0 bridgehead atoms. The molecule has 1 rings (SSSR count). The van der Waals surface area contributed by atoms with Crippen LogP contribution in [0.3, 0.4) is 0 Å². The SMILES string of the molecule is CC.CNN1CCCC1.O=CO. The third-order valence-electron chi connectivity index (χ3n) is 1.42. The molecular weight excluding hydrogens is 156 g/mol. The van der Waals surface area contributed by atoms with Crippen molar-refractivity contribution >= 4 is 6.47 Å². The van der Waals surface area contributed by atoms with Crippen molar-refractivity contribution < 1.29 is 9.90 Å². The Morgan fingerprint density at radius 2 is 1.67 bits per heavy atom. The van der Waals surface area contributed by atoms with Gasteiger partial charge in [0.25, 0.3) is 6.47 Å². The van der Waals surface area contributed by atoms with Gasteiger partial charge in [0, 0.05) is 13.1 Å². The van der Waals surface area contributed by atoms with E-state index in [9.17, 15) is 0 Å². The van der Waals surface area contributed by atoms with Crippen LogP contribution in [0.4, 0.5) is 0 Å². The van der Waals surface area contributed by atoms with E-state index in [1.807, 2.05) is 20.9 Å². The molecule has 12 heavy (non-hydrogen) atoms. The highest BCUT2D eigenvalue weighted by atomic mass is 16.3. The van der Waals surface area contributed by atoms with Gasteiger partial charge in [0.2, 0.25) is 0 Å². The normalized spacial score (nSPS) is 15.2. The van der Waals surface area contributed by atoms with Crippen LogP contribution < -0.4 is 5.43 Å². The molecule has 0 aromatic heterocycles. The highest BCUT2D eigenvalue weighted by Crippen LogP contribution is 2.01. The van der Waals surface area contributed by atoms with Crippen LogP contribution in [0.15, 0.2) is 0 Å². The van der Waals surface area contributed by atoms with Gasteiger partial charge in [-0.2, -0.15) is 0 Å². The minimum Gasteiger partial charge on any atom is -0.483 e. The van der Waals surface area contributed by atoms with Crippen molar-refractivity contribution in [2.75, 3.05) is 20.1 Å². The molecule has 0 saturated carbocycles. The zero-order valence-corrected chi connectivity index (χ0v) is 8.21. The van der Waals surface area contributed by atoms with Crippen LogP contribution >= 0.6 is 0 Å². The second kappa shape index (κ2) is 13.0. The lowest BCUT2D eigenvalue weighted by atomic mass is 10.4. The third kappa shape index (κ3) is 9.39. The van der Waals surface area contributed by atoms with Crippen LogP contribution in [0.1, 0.15) is 26.7 Å². The van der Waals surface area contributed by atoms with Gasteiger partial charge in [-0.05, 0) is 19.9 Å². The van der Waals surface area contributed by atoms with E-state index >= 15 is 0 Å². The zero-order valence-electron chi connectivity index (χ0n) is 8.21. The summed E-state index contributed by atoms with van der Waals surface area (Å²) in [6, 6.07) is 0. The maximum Gasteiger partial charge on any atom is 0.290 e. The van der Waals surface area contributed by atoms with Gasteiger partial charge in [-0.1, -0.05) is 13.8 Å². The fourth-order valence-electron chi connectivity index (χ4n) is 0.941. The first-order chi connectivity index (χ1) is 5.85. The molecule has 0 radical (unpaired) electrons. The molecule has 1 heterocycles. The van der Waals surface area contributed by atoms with E-state index in [1.54, 1.807) is 0 Å². The summed E-state index contributed by atoms with van der Waals surface area (Å²) in [5, 5.41) is 9.12. The zero-order chi connectivity index (χ0) is 9.82. The fourth-order valence-corrected chi connectivity index (χ4v) is 0.941. The molecule has 0 amide bonds. The molecule has 0 atom stereocenters. The number of hydrogen-bond donors (Lipinski definition) is 2. The van der Waals surface area contributed by atoms with Crippen molar-refractivity contribution in [2.45, 2.75) is 26.7 Å². The molecule has 2 N–H and O–H groups in total. The number of hydrazine groups is 1. The second-order valence-corrected chi connectivity index (χ2v) is 2.02. The predicted molar refractivity (Wildman–Crippen MR) is 49.9 cm³/mol. The minimum absolute atomic E-state index is 0.250. The molecule has 0 aliphatic carbocycles. The van der Waals surface area contributed by atoms with Gasteiger partial charge in [-0.25, -0.2) is 5.01 Å². The summed E-state index contributed by atoms with van der Waals surface area (Å²) in [6.45, 7) is 6.22. The molecule has 4 nitrogen and oxygen atoms in total. The lowest BCUT2D eigenvalue weighted by Gasteiger charge is -2.10. The van der Waals surface area contributed by atoms with Crippen LogP contribution in [-0.4, -0.2) is 36.7 Å². The summed E-state index contributed by atoms with van der Waals surface area (Å²) in [5.41, 5.74) is 3.10. The van der Waals surface area contributed by atoms with Gasteiger partial charge >= 0.3 is 0 Å². The molecule has 1 fully saturated rings. The molecule has 0 aromatic rings. The molecule has 1 saturated heterocycles. The van der Waals surface area contributed by atoms with E-state index in [0.717, 1.165) is 0 Å². The molecule has 0 unspecified atom stereocenters. The van der Waals surface area contributed by atoms with Crippen molar-refractivity contribution in [3.63, 3.8) is 0 Å². The number of carbonyl (C=O) groups is 1. The average Bonchev–Trinajstić information content (AvgIpc) is 2.61. The predicted octanol–water partition coefficient (Wildman–Crippen LogP) is 0.944. The summed E-state index contributed by atoms with van der Waals surface area (Å²) in [5.74, 6) is 0. The lowest BCUT2D eigenvalue weighted by Crippen LogP contribution is -2.31. The maximum absolute atomic E-state index is 8.36. The smallest absolute Gasteiger partial charge is 0.290 e. The molecule has 0 aromatic carbocycles. The number of nitrogens with one attached hydrogen (secondary N) is 1. The van der Waals surface area contributed by atoms with Crippen LogP contribution in [0, 0.1) is 0 Å². The number of carboxylic acid groups (broad SMARTS) is 1. The van der Waals surface area contributed by atoms with E-state index in [2.05, 4.69) is 10.4 Å². The first-order valence-corrected chi connectivity index (χ1v) is 4.35. The third-order valence-corrected chi connectivity index (χ3v) is 1.42. The molecule has 1 aliphatic rings. The second-order valence-electron chi connectivity index (χ2n) is 2.02. The Hall–Kier alpha value is -0.610. The van der Waals surface area contributed by atoms with Crippen LogP contribution in [0.25, 0.3) is 0 Å². The van der Waals surface area contributed by atoms with Crippen molar-refractivity contribution in [1.82, 2.24) is 10.4 Å². The summed E-state index contributed by atoms with van der Waals surface area (Å²) in [6.07, 6.45) is 2.72. The van der Waals surface area contributed by atoms with Gasteiger partial charge in [0.1, 0.15) is 0 Å². The minimum atomic E-state index is -0.250. The molecule has 1 aliphatic heterocycles. The van der Waals surface area contributed by atoms with Gasteiger partial charge in [0.15, 0.2) is 0 Å². The number of nitrogens with zero attached hydrogens (tertiary/aromatic N) is 1. The van der Waals surface area contributed by atoms with Crippen molar-refractivity contribution in [3.8, 4) is 0 Å². The van der Waals surface area contributed by atoms with E-state index in [-0.39, 0.29) is 6.47 Å². The lowest BCUT2D eigenvalue weighted by molar-refractivity contribution is -0.122. The van der Waals surface area contributed by atoms with Gasteiger partial charge in [-0.3, -0.25) is 10.2 Å². The Morgan fingerprint density at radius 1 is 1.33 bits per heavy atom. The quantitative estimate of drug-likeness (QED) is 0.584. The number of rotatable bonds is 1. The highest BCUT2D eigenvalue weighted by Gasteiger charge is 2.06. The van der Waals surface area contributed by atoms with Crippen LogP contribution in [-0.2, 0) is 4.79 Å². The standard InChI is InChI=1S/C5H12N2.C2H6.CH2O2/c1-6-7-4-2-3-5-7;1-2;2-1-3/h6H,2-5H2,1H3;1-2H3;1H,(H,2,3). The van der Waals surface area contributed by atoms with E-state index in [0.29, 0.717) is 0 Å². The van der Waals surface area contributed by atoms with Gasteiger partial charge < -0.3 is 5.11 Å². The number of hydrogen-bond acceptors (Lipinski definition) is 3. The Bertz CT molecular complexity index is 83.1. The summed E-state index contributed by atoms with van der Waals surface area (Å²) < 4.78 is 0. The van der Waals surface area contributed by atoms with Crippen LogP contribution in [0.2, 0.25) is 0 Å². The Kier molecular flexibility index (Phi) is 15.1. The monoisotopic (exact) mass is 176 g/mol. The molecule has 4 heteroatoms. The van der Waals surface area contributed by atoms with E-state index in [4.69, 9.17) is 9.90 Å². The average molecular weight is 176 g/mol. The topological polar surface area (TPSA) is 52.6 Å². The van der Waals surface area contributed by atoms with Crippen molar-refractivity contribution in [1.29, 1.82) is 0 Å². The molecular formula is C8H20N2O2. The van der Waals surface area contributed by atoms with Crippen molar-refractivity contribution in [3.05, 3.63) is 0 Å². The fraction of sp³-hybridized carbons (Fsp3) is 0.875. The molecule has 0 spiro atoms. The maximum atomic E-state index is 8.36. The Morgan fingerprint density at radius 3 is 1.83 bits per heavy atom. The van der Waals surface area contributed by atoms with E-state index < -0.39 is 0 Å². The summed E-state index contributed by atoms with van der Waals surface area (Å²) >= 11 is 0. The summed E-state index contributed by atoms with van der Waals surface area (Å²) in [4.78, 5) is 8.36.